The largest absolute Gasteiger partial charge is 0.480 e. The van der Waals surface area contributed by atoms with Gasteiger partial charge in [0.25, 0.3) is 0 Å². The van der Waals surface area contributed by atoms with Gasteiger partial charge in [-0.05, 0) is 13.0 Å². The van der Waals surface area contributed by atoms with E-state index >= 15 is 0 Å². The minimum absolute atomic E-state index is 0.152. The molecular weight excluding hydrogens is 246 g/mol. The van der Waals surface area contributed by atoms with Gasteiger partial charge < -0.3 is 5.11 Å². The topological polar surface area (TPSA) is 101 Å². The molecule has 0 fully saturated rings. The number of hydrogen-bond donors (Lipinski definition) is 2. The summed E-state index contributed by atoms with van der Waals surface area (Å²) >= 11 is 0. The first-order chi connectivity index (χ1) is 7.84. The third-order valence-electron chi connectivity index (χ3n) is 2.42. The van der Waals surface area contributed by atoms with Crippen LogP contribution in [0.15, 0.2) is 12.3 Å². The summed E-state index contributed by atoms with van der Waals surface area (Å²) in [5.41, 5.74) is 0.871. The molecule has 1 atom stereocenters. The van der Waals surface area contributed by atoms with Crippen molar-refractivity contribution in [2.24, 2.45) is 7.05 Å². The van der Waals surface area contributed by atoms with Crippen molar-refractivity contribution in [1.29, 1.82) is 0 Å². The Balaban J connectivity index is 2.52. The fourth-order valence-electron chi connectivity index (χ4n) is 1.23. The van der Waals surface area contributed by atoms with Crippen LogP contribution in [0.25, 0.3) is 0 Å². The predicted molar refractivity (Wildman–Crippen MR) is 60.9 cm³/mol. The first-order valence-corrected chi connectivity index (χ1v) is 6.57. The second-order valence-electron chi connectivity index (χ2n) is 3.62. The second-order valence-corrected chi connectivity index (χ2v) is 5.70. The van der Waals surface area contributed by atoms with Crippen molar-refractivity contribution < 1.29 is 18.3 Å². The molecule has 8 heteroatoms. The molecule has 0 amide bonds. The molecule has 1 unspecified atom stereocenters. The van der Waals surface area contributed by atoms with Crippen LogP contribution in [0.2, 0.25) is 0 Å². The van der Waals surface area contributed by atoms with E-state index < -0.39 is 21.2 Å². The van der Waals surface area contributed by atoms with E-state index in [1.165, 1.54) is 0 Å². The van der Waals surface area contributed by atoms with E-state index in [9.17, 15) is 13.2 Å². The summed E-state index contributed by atoms with van der Waals surface area (Å²) in [6.07, 6.45) is 2.08. The number of aryl methyl sites for hydroxylation is 1. The van der Waals surface area contributed by atoms with Crippen LogP contribution in [0.5, 0.6) is 0 Å². The van der Waals surface area contributed by atoms with Crippen LogP contribution in [0, 0.1) is 0 Å². The third-order valence-corrected chi connectivity index (χ3v) is 4.16. The summed E-state index contributed by atoms with van der Waals surface area (Å²) in [6, 6.07) is 1.77. The van der Waals surface area contributed by atoms with Gasteiger partial charge in [0.05, 0.1) is 0 Å². The number of nitrogens with zero attached hydrogens (tertiary/aromatic N) is 2. The molecule has 0 aliphatic rings. The van der Waals surface area contributed by atoms with Gasteiger partial charge in [-0.15, -0.1) is 0 Å². The highest BCUT2D eigenvalue weighted by molar-refractivity contribution is 7.90. The third kappa shape index (κ3) is 3.53. The zero-order chi connectivity index (χ0) is 13.1. The van der Waals surface area contributed by atoms with Gasteiger partial charge in [-0.25, -0.2) is 13.1 Å². The van der Waals surface area contributed by atoms with E-state index in [1.54, 1.807) is 24.0 Å². The van der Waals surface area contributed by atoms with Gasteiger partial charge in [0.15, 0.2) is 5.25 Å². The maximum Gasteiger partial charge on any atom is 0.323 e. The molecule has 1 rings (SSSR count). The smallest absolute Gasteiger partial charge is 0.323 e. The monoisotopic (exact) mass is 261 g/mol. The van der Waals surface area contributed by atoms with Crippen LogP contribution in [0.3, 0.4) is 0 Å². The number of rotatable bonds is 6. The molecule has 17 heavy (non-hydrogen) atoms. The van der Waals surface area contributed by atoms with Gasteiger partial charge >= 0.3 is 5.97 Å². The number of aliphatic carboxylic acids is 1. The highest BCUT2D eigenvalue weighted by Gasteiger charge is 2.26. The van der Waals surface area contributed by atoms with Gasteiger partial charge in [0.2, 0.25) is 10.0 Å². The number of carboxylic acid groups (broad SMARTS) is 1. The number of carboxylic acids is 1. The van der Waals surface area contributed by atoms with E-state index in [0.29, 0.717) is 6.42 Å². The van der Waals surface area contributed by atoms with E-state index in [2.05, 4.69) is 9.82 Å². The van der Waals surface area contributed by atoms with Crippen LogP contribution in [0.4, 0.5) is 0 Å². The highest BCUT2D eigenvalue weighted by Crippen LogP contribution is 2.00. The molecule has 1 aromatic heterocycles. The Morgan fingerprint density at radius 1 is 1.65 bits per heavy atom. The van der Waals surface area contributed by atoms with Crippen molar-refractivity contribution in [3.05, 3.63) is 18.0 Å². The zero-order valence-electron chi connectivity index (χ0n) is 9.62. The Bertz CT molecular complexity index is 494. The first-order valence-electron chi connectivity index (χ1n) is 5.03. The van der Waals surface area contributed by atoms with Crippen molar-refractivity contribution in [3.8, 4) is 0 Å². The molecule has 96 valence electrons. The summed E-state index contributed by atoms with van der Waals surface area (Å²) in [7, 11) is -2.05. The van der Waals surface area contributed by atoms with Crippen LogP contribution in [-0.2, 0) is 28.3 Å². The van der Waals surface area contributed by atoms with E-state index in [1.807, 2.05) is 0 Å². The normalized spacial score (nSPS) is 13.5. The Hall–Kier alpha value is -1.41. The minimum Gasteiger partial charge on any atom is -0.480 e. The molecule has 1 heterocycles. The Labute approximate surface area is 99.5 Å². The number of carbonyl (C=O) groups is 1. The van der Waals surface area contributed by atoms with Crippen molar-refractivity contribution in [2.75, 3.05) is 6.54 Å². The average molecular weight is 261 g/mol. The predicted octanol–water partition coefficient (Wildman–Crippen LogP) is -0.645. The molecular formula is C9H15N3O4S. The maximum atomic E-state index is 11.5. The van der Waals surface area contributed by atoms with Gasteiger partial charge in [0.1, 0.15) is 0 Å². The number of nitrogens with one attached hydrogen (secondary N) is 1. The minimum atomic E-state index is -3.80. The Morgan fingerprint density at radius 3 is 2.76 bits per heavy atom. The van der Waals surface area contributed by atoms with Crippen molar-refractivity contribution >= 4 is 16.0 Å². The first kappa shape index (κ1) is 13.7. The summed E-state index contributed by atoms with van der Waals surface area (Å²) in [6.45, 7) is 1.29. The number of sulfonamides is 1. The SMILES string of the molecule is CC(C(=O)O)S(=O)(=O)NCCc1ccnn1C. The number of hydrogen-bond acceptors (Lipinski definition) is 4. The standard InChI is InChI=1S/C9H15N3O4S/c1-7(9(13)14)17(15,16)11-6-4-8-3-5-10-12(8)2/h3,5,7,11H,4,6H2,1-2H3,(H,13,14). The number of aromatic nitrogens is 2. The molecule has 0 spiro atoms. The Kier molecular flexibility index (Phi) is 4.24. The maximum absolute atomic E-state index is 11.5. The van der Waals surface area contributed by atoms with Gasteiger partial charge in [-0.3, -0.25) is 9.48 Å². The summed E-state index contributed by atoms with van der Waals surface area (Å²) in [4.78, 5) is 10.6. The van der Waals surface area contributed by atoms with Gasteiger partial charge in [-0.1, -0.05) is 0 Å². The quantitative estimate of drug-likeness (QED) is 0.709. The second kappa shape index (κ2) is 5.28. The lowest BCUT2D eigenvalue weighted by atomic mass is 10.3. The van der Waals surface area contributed by atoms with Crippen LogP contribution < -0.4 is 4.72 Å². The van der Waals surface area contributed by atoms with Crippen LogP contribution in [-0.4, -0.2) is 41.1 Å². The Morgan fingerprint density at radius 2 is 2.29 bits per heavy atom. The molecule has 0 saturated carbocycles. The summed E-state index contributed by atoms with van der Waals surface area (Å²) < 4.78 is 26.8. The molecule has 0 radical (unpaired) electrons. The molecule has 7 nitrogen and oxygen atoms in total. The molecule has 0 aliphatic heterocycles. The lowest BCUT2D eigenvalue weighted by Crippen LogP contribution is -2.38. The van der Waals surface area contributed by atoms with E-state index in [4.69, 9.17) is 5.11 Å². The van der Waals surface area contributed by atoms with Crippen LogP contribution >= 0.6 is 0 Å². The fraction of sp³-hybridized carbons (Fsp3) is 0.556. The molecule has 0 aliphatic carbocycles. The van der Waals surface area contributed by atoms with E-state index in [-0.39, 0.29) is 6.54 Å². The average Bonchev–Trinajstić information content (AvgIpc) is 2.63. The molecule has 0 aromatic carbocycles. The molecule has 1 aromatic rings. The molecule has 2 N–H and O–H groups in total. The van der Waals surface area contributed by atoms with Gasteiger partial charge in [0, 0.05) is 31.9 Å². The summed E-state index contributed by atoms with van der Waals surface area (Å²) in [5.74, 6) is -1.36. The van der Waals surface area contributed by atoms with Crippen molar-refractivity contribution in [1.82, 2.24) is 14.5 Å². The van der Waals surface area contributed by atoms with E-state index in [0.717, 1.165) is 12.6 Å². The van der Waals surface area contributed by atoms with Gasteiger partial charge in [-0.2, -0.15) is 5.10 Å². The zero-order valence-corrected chi connectivity index (χ0v) is 10.4. The lowest BCUT2D eigenvalue weighted by Gasteiger charge is -2.09. The van der Waals surface area contributed by atoms with Crippen LogP contribution in [0.1, 0.15) is 12.6 Å². The summed E-state index contributed by atoms with van der Waals surface area (Å²) in [5, 5.41) is 11.1. The highest BCUT2D eigenvalue weighted by atomic mass is 32.2. The van der Waals surface area contributed by atoms with Crippen molar-refractivity contribution in [3.63, 3.8) is 0 Å². The van der Waals surface area contributed by atoms with Crippen molar-refractivity contribution in [2.45, 2.75) is 18.6 Å². The molecule has 0 bridgehead atoms. The lowest BCUT2D eigenvalue weighted by molar-refractivity contribution is -0.136. The fourth-order valence-corrected chi connectivity index (χ4v) is 2.13. The molecule has 0 saturated heterocycles.